The highest BCUT2D eigenvalue weighted by Crippen LogP contribution is 2.24. The lowest BCUT2D eigenvalue weighted by atomic mass is 10.1. The normalized spacial score (nSPS) is 21.8. The van der Waals surface area contributed by atoms with E-state index in [1.165, 1.54) is 12.8 Å². The molecule has 17 heavy (non-hydrogen) atoms. The number of ether oxygens (including phenoxy) is 1. The Morgan fingerprint density at radius 1 is 1.59 bits per heavy atom. The number of aromatic nitrogens is 2. The Balaban J connectivity index is 2.22. The highest BCUT2D eigenvalue weighted by Gasteiger charge is 2.19. The molecular weight excluding hydrogens is 214 g/mol. The molecular formula is C13H21N3O. The predicted molar refractivity (Wildman–Crippen MR) is 68.6 cm³/mol. The fourth-order valence-electron chi connectivity index (χ4n) is 2.31. The van der Waals surface area contributed by atoms with Crippen molar-refractivity contribution in [3.63, 3.8) is 0 Å². The van der Waals surface area contributed by atoms with E-state index < -0.39 is 0 Å². The van der Waals surface area contributed by atoms with Gasteiger partial charge >= 0.3 is 0 Å². The highest BCUT2D eigenvalue weighted by molar-refractivity contribution is 5.99. The van der Waals surface area contributed by atoms with Crippen LogP contribution < -0.4 is 0 Å². The summed E-state index contributed by atoms with van der Waals surface area (Å²) in [4.78, 5) is 4.44. The molecule has 2 heterocycles. The minimum Gasteiger partial charge on any atom is -0.357 e. The summed E-state index contributed by atoms with van der Waals surface area (Å²) in [5, 5.41) is 4.45. The topological polar surface area (TPSA) is 39.4 Å². The van der Waals surface area contributed by atoms with Crippen LogP contribution in [0.2, 0.25) is 0 Å². The number of nitrogens with zero attached hydrogens (tertiary/aromatic N) is 3. The molecule has 0 radical (unpaired) electrons. The summed E-state index contributed by atoms with van der Waals surface area (Å²) in [5.74, 6) is 0. The molecule has 4 nitrogen and oxygen atoms in total. The molecule has 1 aromatic heterocycles. The summed E-state index contributed by atoms with van der Waals surface area (Å²) < 4.78 is 7.76. The second-order valence-electron chi connectivity index (χ2n) is 4.47. The molecule has 0 saturated carbocycles. The van der Waals surface area contributed by atoms with Crippen LogP contribution in [0.3, 0.4) is 0 Å². The molecule has 4 heteroatoms. The molecule has 1 aliphatic heterocycles. The minimum atomic E-state index is 0.118. The number of aliphatic imine (C=N–C) groups is 1. The maximum absolute atomic E-state index is 5.76. The van der Waals surface area contributed by atoms with Crippen LogP contribution in [0.1, 0.15) is 50.6 Å². The van der Waals surface area contributed by atoms with Crippen molar-refractivity contribution in [3.8, 4) is 0 Å². The van der Waals surface area contributed by atoms with Crippen molar-refractivity contribution in [2.75, 3.05) is 13.2 Å². The van der Waals surface area contributed by atoms with Crippen molar-refractivity contribution in [1.29, 1.82) is 0 Å². The molecule has 94 valence electrons. The van der Waals surface area contributed by atoms with E-state index in [-0.39, 0.29) is 6.23 Å². The zero-order valence-corrected chi connectivity index (χ0v) is 10.9. The van der Waals surface area contributed by atoms with Gasteiger partial charge in [-0.25, -0.2) is 4.68 Å². The fourth-order valence-corrected chi connectivity index (χ4v) is 2.31. The minimum absolute atomic E-state index is 0.118. The van der Waals surface area contributed by atoms with Gasteiger partial charge in [0, 0.05) is 30.1 Å². The molecule has 0 aromatic carbocycles. The number of hydrogen-bond acceptors (Lipinski definition) is 3. The zero-order valence-electron chi connectivity index (χ0n) is 10.9. The third kappa shape index (κ3) is 2.57. The molecule has 1 unspecified atom stereocenters. The second-order valence-corrected chi connectivity index (χ2v) is 4.47. The largest absolute Gasteiger partial charge is 0.357 e. The molecule has 0 bridgehead atoms. The van der Waals surface area contributed by atoms with Gasteiger partial charge < -0.3 is 4.74 Å². The van der Waals surface area contributed by atoms with Crippen LogP contribution in [0.25, 0.3) is 0 Å². The summed E-state index contributed by atoms with van der Waals surface area (Å²) in [7, 11) is 0. The Morgan fingerprint density at radius 3 is 3.06 bits per heavy atom. The molecule has 1 fully saturated rings. The quantitative estimate of drug-likeness (QED) is 0.756. The van der Waals surface area contributed by atoms with Gasteiger partial charge in [0.25, 0.3) is 0 Å². The SMILES string of the molecule is CCN=C(C)c1cnn(C2CCCCO2)c1C. The van der Waals surface area contributed by atoms with E-state index in [0.717, 1.165) is 36.5 Å². The summed E-state index contributed by atoms with van der Waals surface area (Å²) in [6.45, 7) is 7.85. The molecule has 1 aliphatic rings. The highest BCUT2D eigenvalue weighted by atomic mass is 16.5. The summed E-state index contributed by atoms with van der Waals surface area (Å²) >= 11 is 0. The molecule has 0 aliphatic carbocycles. The first-order valence-corrected chi connectivity index (χ1v) is 6.41. The van der Waals surface area contributed by atoms with Crippen LogP contribution in [-0.2, 0) is 4.74 Å². The Hall–Kier alpha value is -1.16. The Kier molecular flexibility index (Phi) is 3.94. The van der Waals surface area contributed by atoms with Crippen LogP contribution in [-0.4, -0.2) is 28.6 Å². The van der Waals surface area contributed by atoms with Crippen LogP contribution in [0.15, 0.2) is 11.2 Å². The van der Waals surface area contributed by atoms with Gasteiger partial charge in [-0.15, -0.1) is 0 Å². The van der Waals surface area contributed by atoms with E-state index in [2.05, 4.69) is 17.0 Å². The lowest BCUT2D eigenvalue weighted by molar-refractivity contribution is -0.0406. The monoisotopic (exact) mass is 235 g/mol. The third-order valence-electron chi connectivity index (χ3n) is 3.26. The molecule has 1 atom stereocenters. The van der Waals surface area contributed by atoms with Gasteiger partial charge in [0.05, 0.1) is 6.20 Å². The van der Waals surface area contributed by atoms with E-state index in [1.54, 1.807) is 0 Å². The average Bonchev–Trinajstić information content (AvgIpc) is 2.72. The lowest BCUT2D eigenvalue weighted by Crippen LogP contribution is -2.20. The number of rotatable bonds is 3. The van der Waals surface area contributed by atoms with E-state index in [0.29, 0.717) is 0 Å². The first kappa shape index (κ1) is 12.3. The predicted octanol–water partition coefficient (Wildman–Crippen LogP) is 2.72. The Morgan fingerprint density at radius 2 is 2.41 bits per heavy atom. The lowest BCUT2D eigenvalue weighted by Gasteiger charge is -2.24. The van der Waals surface area contributed by atoms with Crippen LogP contribution in [0.4, 0.5) is 0 Å². The standard InChI is InChI=1S/C13H21N3O/c1-4-14-10(2)12-9-15-16(11(12)3)13-7-5-6-8-17-13/h9,13H,4-8H2,1-3H3. The van der Waals surface area contributed by atoms with Crippen molar-refractivity contribution < 1.29 is 4.74 Å². The van der Waals surface area contributed by atoms with Gasteiger partial charge in [-0.2, -0.15) is 5.10 Å². The second kappa shape index (κ2) is 5.45. The van der Waals surface area contributed by atoms with Crippen molar-refractivity contribution in [2.45, 2.75) is 46.3 Å². The first-order chi connectivity index (χ1) is 8.24. The average molecular weight is 235 g/mol. The Bertz CT molecular complexity index is 403. The summed E-state index contributed by atoms with van der Waals surface area (Å²) in [6, 6.07) is 0. The summed E-state index contributed by atoms with van der Waals surface area (Å²) in [5.41, 5.74) is 3.36. The van der Waals surface area contributed by atoms with Crippen molar-refractivity contribution in [3.05, 3.63) is 17.5 Å². The summed E-state index contributed by atoms with van der Waals surface area (Å²) in [6.07, 6.45) is 5.47. The smallest absolute Gasteiger partial charge is 0.150 e. The Labute approximate surface area is 103 Å². The molecule has 0 N–H and O–H groups in total. The molecule has 0 amide bonds. The maximum atomic E-state index is 5.76. The van der Waals surface area contributed by atoms with E-state index >= 15 is 0 Å². The van der Waals surface area contributed by atoms with Crippen LogP contribution in [0, 0.1) is 6.92 Å². The third-order valence-corrected chi connectivity index (χ3v) is 3.26. The fraction of sp³-hybridized carbons (Fsp3) is 0.692. The van der Waals surface area contributed by atoms with Crippen molar-refractivity contribution in [2.24, 2.45) is 4.99 Å². The van der Waals surface area contributed by atoms with Gasteiger partial charge in [-0.1, -0.05) is 0 Å². The van der Waals surface area contributed by atoms with Crippen LogP contribution in [0.5, 0.6) is 0 Å². The molecule has 2 rings (SSSR count). The van der Waals surface area contributed by atoms with Crippen molar-refractivity contribution in [1.82, 2.24) is 9.78 Å². The first-order valence-electron chi connectivity index (χ1n) is 6.41. The van der Waals surface area contributed by atoms with Gasteiger partial charge in [-0.05, 0) is 40.0 Å². The van der Waals surface area contributed by atoms with Crippen molar-refractivity contribution >= 4 is 5.71 Å². The van der Waals surface area contributed by atoms with E-state index in [1.807, 2.05) is 24.7 Å². The molecule has 0 spiro atoms. The molecule has 1 saturated heterocycles. The van der Waals surface area contributed by atoms with E-state index in [9.17, 15) is 0 Å². The van der Waals surface area contributed by atoms with Gasteiger partial charge in [0.15, 0.2) is 0 Å². The number of hydrogen-bond donors (Lipinski definition) is 0. The van der Waals surface area contributed by atoms with Gasteiger partial charge in [0.2, 0.25) is 0 Å². The van der Waals surface area contributed by atoms with Gasteiger partial charge in [-0.3, -0.25) is 4.99 Å². The van der Waals surface area contributed by atoms with E-state index in [4.69, 9.17) is 4.74 Å². The molecule has 1 aromatic rings. The maximum Gasteiger partial charge on any atom is 0.150 e. The zero-order chi connectivity index (χ0) is 12.3. The van der Waals surface area contributed by atoms with Gasteiger partial charge in [0.1, 0.15) is 6.23 Å². The van der Waals surface area contributed by atoms with Crippen LogP contribution >= 0.6 is 0 Å².